The summed E-state index contributed by atoms with van der Waals surface area (Å²) in [5, 5.41) is 3.18. The number of aromatic nitrogens is 1. The summed E-state index contributed by atoms with van der Waals surface area (Å²) in [5.41, 5.74) is 1.09. The summed E-state index contributed by atoms with van der Waals surface area (Å²) in [5.74, 6) is 0.599. The van der Waals surface area contributed by atoms with Crippen molar-refractivity contribution in [1.82, 2.24) is 9.88 Å². The number of thiophene rings is 1. The van der Waals surface area contributed by atoms with Gasteiger partial charge in [-0.1, -0.05) is 0 Å². The third kappa shape index (κ3) is 2.65. The van der Waals surface area contributed by atoms with E-state index in [0.29, 0.717) is 5.92 Å². The first-order valence-corrected chi connectivity index (χ1v) is 8.60. The Morgan fingerprint density at radius 3 is 2.95 bits per heavy atom. The number of rotatable bonds is 2. The number of thiazole rings is 1. The van der Waals surface area contributed by atoms with Crippen LogP contribution in [-0.2, 0) is 0 Å². The van der Waals surface area contributed by atoms with Gasteiger partial charge in [-0.25, -0.2) is 4.98 Å². The van der Waals surface area contributed by atoms with Crippen molar-refractivity contribution in [3.63, 3.8) is 0 Å². The highest BCUT2D eigenvalue weighted by atomic mass is 32.1. The lowest BCUT2D eigenvalue weighted by molar-refractivity contribution is 0.0711. The molecule has 0 aromatic carbocycles. The lowest BCUT2D eigenvalue weighted by Crippen LogP contribution is -2.39. The Balaban J connectivity index is 1.75. The number of piperidine rings is 1. The fraction of sp³-hybridized carbons (Fsp3) is 0.467. The molecular formula is C15H18N2OS2. The molecule has 20 heavy (non-hydrogen) atoms. The van der Waals surface area contributed by atoms with E-state index in [0.717, 1.165) is 36.4 Å². The van der Waals surface area contributed by atoms with Gasteiger partial charge in [0.25, 0.3) is 5.91 Å². The summed E-state index contributed by atoms with van der Waals surface area (Å²) < 4.78 is 0. The Kier molecular flexibility index (Phi) is 3.89. The minimum atomic E-state index is 0.190. The fourth-order valence-corrected chi connectivity index (χ4v) is 4.45. The van der Waals surface area contributed by atoms with E-state index in [1.165, 1.54) is 9.88 Å². The number of hydrogen-bond donors (Lipinski definition) is 0. The van der Waals surface area contributed by atoms with Crippen LogP contribution in [0.2, 0.25) is 0 Å². The molecule has 0 bridgehead atoms. The molecule has 1 saturated heterocycles. The topological polar surface area (TPSA) is 33.2 Å². The van der Waals surface area contributed by atoms with E-state index in [9.17, 15) is 4.79 Å². The number of amides is 1. The van der Waals surface area contributed by atoms with Gasteiger partial charge in [-0.3, -0.25) is 4.79 Å². The van der Waals surface area contributed by atoms with Crippen LogP contribution in [0.15, 0.2) is 17.6 Å². The molecule has 3 heterocycles. The molecule has 0 radical (unpaired) electrons. The Labute approximate surface area is 127 Å². The van der Waals surface area contributed by atoms with Gasteiger partial charge in [0.05, 0.1) is 9.88 Å². The normalized spacial score (nSPS) is 19.3. The zero-order chi connectivity index (χ0) is 14.1. The van der Waals surface area contributed by atoms with Gasteiger partial charge in [0.1, 0.15) is 0 Å². The maximum atomic E-state index is 12.6. The molecule has 0 spiro atoms. The zero-order valence-corrected chi connectivity index (χ0v) is 13.4. The molecule has 0 N–H and O–H groups in total. The van der Waals surface area contributed by atoms with Crippen LogP contribution >= 0.6 is 22.7 Å². The summed E-state index contributed by atoms with van der Waals surface area (Å²) in [7, 11) is 0. The monoisotopic (exact) mass is 306 g/mol. The molecule has 0 saturated carbocycles. The molecule has 5 heteroatoms. The van der Waals surface area contributed by atoms with E-state index in [1.807, 2.05) is 29.5 Å². The van der Waals surface area contributed by atoms with Gasteiger partial charge in [0, 0.05) is 30.1 Å². The lowest BCUT2D eigenvalue weighted by Gasteiger charge is -2.31. The first-order chi connectivity index (χ1) is 9.65. The molecule has 1 aliphatic heterocycles. The molecule has 0 unspecified atom stereocenters. The second kappa shape index (κ2) is 5.66. The summed E-state index contributed by atoms with van der Waals surface area (Å²) in [4.78, 5) is 21.2. The minimum absolute atomic E-state index is 0.190. The molecule has 1 atom stereocenters. The number of nitrogens with zero attached hydrogens (tertiary/aromatic N) is 2. The van der Waals surface area contributed by atoms with Crippen molar-refractivity contribution in [2.45, 2.75) is 32.6 Å². The Bertz CT molecular complexity index is 617. The van der Waals surface area contributed by atoms with Crippen LogP contribution in [0.1, 0.15) is 43.9 Å². The van der Waals surface area contributed by atoms with Crippen molar-refractivity contribution in [1.29, 1.82) is 0 Å². The summed E-state index contributed by atoms with van der Waals surface area (Å²) in [6, 6.07) is 2.02. The van der Waals surface area contributed by atoms with Crippen molar-refractivity contribution in [2.75, 3.05) is 13.1 Å². The number of likely N-dealkylation sites (tertiary alicyclic amines) is 1. The molecule has 1 aliphatic rings. The van der Waals surface area contributed by atoms with Crippen molar-refractivity contribution in [3.8, 4) is 0 Å². The van der Waals surface area contributed by atoms with Crippen LogP contribution in [0.5, 0.6) is 0 Å². The second-order valence-electron chi connectivity index (χ2n) is 5.33. The summed E-state index contributed by atoms with van der Waals surface area (Å²) in [6.07, 6.45) is 4.14. The maximum Gasteiger partial charge on any atom is 0.264 e. The molecule has 3 nitrogen and oxygen atoms in total. The van der Waals surface area contributed by atoms with Crippen LogP contribution in [0.4, 0.5) is 0 Å². The van der Waals surface area contributed by atoms with Crippen LogP contribution in [-0.4, -0.2) is 28.9 Å². The number of hydrogen-bond acceptors (Lipinski definition) is 4. The van der Waals surface area contributed by atoms with E-state index < -0.39 is 0 Å². The lowest BCUT2D eigenvalue weighted by atomic mass is 9.98. The predicted molar refractivity (Wildman–Crippen MR) is 83.8 cm³/mol. The van der Waals surface area contributed by atoms with Crippen molar-refractivity contribution >= 4 is 28.6 Å². The van der Waals surface area contributed by atoms with E-state index >= 15 is 0 Å². The van der Waals surface area contributed by atoms with Crippen LogP contribution < -0.4 is 0 Å². The average Bonchev–Trinajstić information content (AvgIpc) is 3.07. The van der Waals surface area contributed by atoms with Crippen molar-refractivity contribution < 1.29 is 4.79 Å². The standard InChI is InChI=1S/C15H18N2OS2/c1-10-5-7-19-13(10)15(18)17-6-3-4-12(9-17)14-16-8-11(2)20-14/h5,7-8,12H,3-4,6,9H2,1-2H3/t12-/m0/s1. The highest BCUT2D eigenvalue weighted by Gasteiger charge is 2.28. The van der Waals surface area contributed by atoms with Gasteiger partial charge in [-0.15, -0.1) is 22.7 Å². The average molecular weight is 306 g/mol. The van der Waals surface area contributed by atoms with Gasteiger partial charge < -0.3 is 4.90 Å². The number of carbonyl (C=O) groups is 1. The van der Waals surface area contributed by atoms with Gasteiger partial charge in [-0.2, -0.15) is 0 Å². The quantitative estimate of drug-likeness (QED) is 0.844. The molecule has 0 aliphatic carbocycles. The Hall–Kier alpha value is -1.20. The smallest absolute Gasteiger partial charge is 0.264 e. The molecule has 2 aromatic heterocycles. The third-order valence-electron chi connectivity index (χ3n) is 3.75. The molecule has 1 fully saturated rings. The highest BCUT2D eigenvalue weighted by Crippen LogP contribution is 2.31. The number of carbonyl (C=O) groups excluding carboxylic acids is 1. The van der Waals surface area contributed by atoms with E-state index in [-0.39, 0.29) is 5.91 Å². The summed E-state index contributed by atoms with van der Waals surface area (Å²) in [6.45, 7) is 5.78. The van der Waals surface area contributed by atoms with Crippen LogP contribution in [0.25, 0.3) is 0 Å². The molecular weight excluding hydrogens is 288 g/mol. The summed E-state index contributed by atoms with van der Waals surface area (Å²) >= 11 is 3.31. The third-order valence-corrected chi connectivity index (χ3v) is 5.83. The van der Waals surface area contributed by atoms with E-state index in [1.54, 1.807) is 22.7 Å². The maximum absolute atomic E-state index is 12.6. The Morgan fingerprint density at radius 1 is 1.45 bits per heavy atom. The minimum Gasteiger partial charge on any atom is -0.337 e. The van der Waals surface area contributed by atoms with Gasteiger partial charge in [0.15, 0.2) is 0 Å². The van der Waals surface area contributed by atoms with Gasteiger partial charge in [0.2, 0.25) is 0 Å². The SMILES string of the molecule is Cc1cnc([C@H]2CCCN(C(=O)c3sccc3C)C2)s1. The van der Waals surface area contributed by atoms with E-state index in [2.05, 4.69) is 11.9 Å². The van der Waals surface area contributed by atoms with Crippen LogP contribution in [0.3, 0.4) is 0 Å². The zero-order valence-electron chi connectivity index (χ0n) is 11.8. The fourth-order valence-electron chi connectivity index (χ4n) is 2.66. The predicted octanol–water partition coefficient (Wildman–Crippen LogP) is 3.84. The van der Waals surface area contributed by atoms with Crippen molar-refractivity contribution in [3.05, 3.63) is 38.0 Å². The highest BCUT2D eigenvalue weighted by molar-refractivity contribution is 7.12. The molecule has 3 rings (SSSR count). The largest absolute Gasteiger partial charge is 0.337 e. The molecule has 1 amide bonds. The second-order valence-corrected chi connectivity index (χ2v) is 7.51. The van der Waals surface area contributed by atoms with Gasteiger partial charge in [-0.05, 0) is 43.7 Å². The van der Waals surface area contributed by atoms with Crippen molar-refractivity contribution in [2.24, 2.45) is 0 Å². The number of aryl methyl sites for hydroxylation is 2. The van der Waals surface area contributed by atoms with Crippen LogP contribution in [0, 0.1) is 13.8 Å². The molecule has 2 aromatic rings. The molecule has 106 valence electrons. The van der Waals surface area contributed by atoms with E-state index in [4.69, 9.17) is 0 Å². The first-order valence-electron chi connectivity index (χ1n) is 6.91. The first kappa shape index (κ1) is 13.8. The van der Waals surface area contributed by atoms with Gasteiger partial charge >= 0.3 is 0 Å². The Morgan fingerprint density at radius 2 is 2.30 bits per heavy atom.